The van der Waals surface area contributed by atoms with Gasteiger partial charge in [-0.3, -0.25) is 9.59 Å². The smallest absolute Gasteiger partial charge is 0.426 e. The van der Waals surface area contributed by atoms with E-state index in [0.717, 1.165) is 16.7 Å². The highest BCUT2D eigenvalue weighted by Crippen LogP contribution is 2.20. The van der Waals surface area contributed by atoms with Crippen LogP contribution in [0.15, 0.2) is 84.9 Å². The summed E-state index contributed by atoms with van der Waals surface area (Å²) in [6, 6.07) is 25.5. The molecule has 0 heterocycles. The molecule has 0 radical (unpaired) electrons. The van der Waals surface area contributed by atoms with Gasteiger partial charge in [-0.15, -0.1) is 0 Å². The summed E-state index contributed by atoms with van der Waals surface area (Å²) in [6.07, 6.45) is 0.668. The molecule has 0 saturated heterocycles. The van der Waals surface area contributed by atoms with Gasteiger partial charge in [-0.1, -0.05) is 86.6 Å². The molecule has 0 aliphatic carbocycles. The van der Waals surface area contributed by atoms with Crippen LogP contribution in [0.5, 0.6) is 0 Å². The third-order valence-electron chi connectivity index (χ3n) is 5.55. The molecule has 0 aromatic heterocycles. The molecule has 0 spiro atoms. The second-order valence-electron chi connectivity index (χ2n) is 8.82. The van der Waals surface area contributed by atoms with Gasteiger partial charge < -0.3 is 20.7 Å². The Kier molecular flexibility index (Phi) is 9.02. The van der Waals surface area contributed by atoms with Gasteiger partial charge in [0, 0.05) is 12.0 Å². The summed E-state index contributed by atoms with van der Waals surface area (Å²) in [7, 11) is -1.69. The molecule has 0 aliphatic heterocycles. The van der Waals surface area contributed by atoms with Gasteiger partial charge in [0.2, 0.25) is 5.91 Å². The highest BCUT2D eigenvalue weighted by molar-refractivity contribution is 6.43. The van der Waals surface area contributed by atoms with Crippen molar-refractivity contribution in [1.29, 1.82) is 0 Å². The van der Waals surface area contributed by atoms with E-state index in [-0.39, 0.29) is 18.2 Å². The summed E-state index contributed by atoms with van der Waals surface area (Å²) in [4.78, 5) is 26.3. The number of carbonyl (C=O) groups is 2. The van der Waals surface area contributed by atoms with Crippen molar-refractivity contribution in [2.45, 2.75) is 38.7 Å². The van der Waals surface area contributed by atoms with Crippen molar-refractivity contribution in [2.75, 3.05) is 0 Å². The Hall–Kier alpha value is -3.42. The monoisotopic (exact) mass is 458 g/mol. The number of benzene rings is 3. The topological polar surface area (TPSA) is 98.7 Å². The lowest BCUT2D eigenvalue weighted by molar-refractivity contribution is -0.123. The zero-order chi connectivity index (χ0) is 24.5. The van der Waals surface area contributed by atoms with E-state index in [0.29, 0.717) is 12.0 Å². The van der Waals surface area contributed by atoms with Crippen molar-refractivity contribution in [3.05, 3.63) is 96.1 Å². The van der Waals surface area contributed by atoms with Gasteiger partial charge >= 0.3 is 7.12 Å². The van der Waals surface area contributed by atoms with Gasteiger partial charge in [-0.2, -0.15) is 0 Å². The lowest BCUT2D eigenvalue weighted by Gasteiger charge is -2.24. The molecule has 3 rings (SSSR count). The molecule has 0 saturated carbocycles. The second-order valence-corrected chi connectivity index (χ2v) is 8.82. The van der Waals surface area contributed by atoms with Crippen molar-refractivity contribution in [1.82, 2.24) is 10.6 Å². The molecule has 34 heavy (non-hydrogen) atoms. The number of carbonyl (C=O) groups excluding carboxylic acids is 2. The van der Waals surface area contributed by atoms with Crippen LogP contribution in [0.1, 0.15) is 36.2 Å². The quantitative estimate of drug-likeness (QED) is 0.351. The van der Waals surface area contributed by atoms with Gasteiger partial charge in [0.05, 0.1) is 5.94 Å². The molecule has 2 atom stereocenters. The van der Waals surface area contributed by atoms with E-state index in [4.69, 9.17) is 0 Å². The maximum atomic E-state index is 13.2. The highest BCUT2D eigenvalue weighted by Gasteiger charge is 2.30. The van der Waals surface area contributed by atoms with Crippen LogP contribution >= 0.6 is 0 Å². The molecule has 6 nitrogen and oxygen atoms in total. The van der Waals surface area contributed by atoms with Crippen LogP contribution in [0.3, 0.4) is 0 Å². The van der Waals surface area contributed by atoms with Gasteiger partial charge in [0.25, 0.3) is 5.91 Å². The van der Waals surface area contributed by atoms with Crippen molar-refractivity contribution >= 4 is 18.9 Å². The lowest BCUT2D eigenvalue weighted by atomic mass is 9.75. The van der Waals surface area contributed by atoms with E-state index in [1.165, 1.54) is 0 Å². The van der Waals surface area contributed by atoms with Crippen LogP contribution in [0.25, 0.3) is 11.1 Å². The molecule has 3 aromatic carbocycles. The molecule has 0 bridgehead atoms. The first-order valence-electron chi connectivity index (χ1n) is 11.5. The van der Waals surface area contributed by atoms with Crippen LogP contribution in [-0.4, -0.2) is 41.0 Å². The SMILES string of the molecule is CC(C)CC(NC(=O)[C@H](Cc1ccccc1)NC(=O)c1cccc(-c2ccccc2)c1)B(O)O. The molecule has 7 heteroatoms. The van der Waals surface area contributed by atoms with Crippen LogP contribution in [0, 0.1) is 5.92 Å². The van der Waals surface area contributed by atoms with E-state index < -0.39 is 25.0 Å². The molecule has 4 N–H and O–H groups in total. The third-order valence-corrected chi connectivity index (χ3v) is 5.55. The predicted molar refractivity (Wildman–Crippen MR) is 135 cm³/mol. The highest BCUT2D eigenvalue weighted by atomic mass is 16.4. The summed E-state index contributed by atoms with van der Waals surface area (Å²) in [5, 5.41) is 25.0. The van der Waals surface area contributed by atoms with E-state index in [1.807, 2.05) is 86.6 Å². The molecular weight excluding hydrogens is 427 g/mol. The van der Waals surface area contributed by atoms with Gasteiger partial charge in [-0.05, 0) is 41.2 Å². The molecule has 0 fully saturated rings. The Labute approximate surface area is 201 Å². The van der Waals surface area contributed by atoms with E-state index in [9.17, 15) is 19.6 Å². The first-order chi connectivity index (χ1) is 16.3. The van der Waals surface area contributed by atoms with Crippen molar-refractivity contribution in [2.24, 2.45) is 5.92 Å². The van der Waals surface area contributed by atoms with E-state index >= 15 is 0 Å². The number of rotatable bonds is 10. The molecule has 3 aromatic rings. The average Bonchev–Trinajstić information content (AvgIpc) is 2.84. The van der Waals surface area contributed by atoms with Crippen molar-refractivity contribution in [3.63, 3.8) is 0 Å². The fourth-order valence-corrected chi connectivity index (χ4v) is 3.82. The summed E-state index contributed by atoms with van der Waals surface area (Å²) >= 11 is 0. The molecular formula is C27H31BN2O4. The van der Waals surface area contributed by atoms with Crippen LogP contribution in [0.4, 0.5) is 0 Å². The summed E-state index contributed by atoms with van der Waals surface area (Å²) in [6.45, 7) is 3.87. The maximum absolute atomic E-state index is 13.2. The summed E-state index contributed by atoms with van der Waals surface area (Å²) < 4.78 is 0. The molecule has 176 valence electrons. The van der Waals surface area contributed by atoms with Gasteiger partial charge in [0.1, 0.15) is 6.04 Å². The zero-order valence-corrected chi connectivity index (χ0v) is 19.5. The molecule has 2 amide bonds. The van der Waals surface area contributed by atoms with Crippen LogP contribution < -0.4 is 10.6 Å². The molecule has 0 aliphatic rings. The van der Waals surface area contributed by atoms with Crippen LogP contribution in [-0.2, 0) is 11.2 Å². The Morgan fingerprint density at radius 1 is 0.824 bits per heavy atom. The standard InChI is InChI=1S/C27H31BN2O4/c1-19(2)16-25(28(33)34)30-27(32)24(17-20-10-5-3-6-11-20)29-26(31)23-15-9-14-22(18-23)21-12-7-4-8-13-21/h3-15,18-19,24-25,33-34H,16-17H2,1-2H3,(H,29,31)(H,30,32)/t24-,25?/m0/s1. The number of amides is 2. The first kappa shape index (κ1) is 25.2. The Morgan fingerprint density at radius 3 is 2.06 bits per heavy atom. The Morgan fingerprint density at radius 2 is 1.44 bits per heavy atom. The normalized spacial score (nSPS) is 12.6. The Bertz CT molecular complexity index is 1070. The van der Waals surface area contributed by atoms with Crippen molar-refractivity contribution < 1.29 is 19.6 Å². The third kappa shape index (κ3) is 7.30. The zero-order valence-electron chi connectivity index (χ0n) is 19.5. The van der Waals surface area contributed by atoms with Gasteiger partial charge in [0.15, 0.2) is 0 Å². The minimum Gasteiger partial charge on any atom is -0.426 e. The van der Waals surface area contributed by atoms with E-state index in [1.54, 1.807) is 12.1 Å². The Balaban J connectivity index is 1.81. The van der Waals surface area contributed by atoms with Crippen LogP contribution in [0.2, 0.25) is 0 Å². The summed E-state index contributed by atoms with van der Waals surface area (Å²) in [5.74, 6) is -1.52. The average molecular weight is 458 g/mol. The number of hydrogen-bond donors (Lipinski definition) is 4. The number of hydrogen-bond acceptors (Lipinski definition) is 4. The van der Waals surface area contributed by atoms with E-state index in [2.05, 4.69) is 10.6 Å². The maximum Gasteiger partial charge on any atom is 0.475 e. The second kappa shape index (κ2) is 12.2. The van der Waals surface area contributed by atoms with Crippen molar-refractivity contribution in [3.8, 4) is 11.1 Å². The summed E-state index contributed by atoms with van der Waals surface area (Å²) in [5.41, 5.74) is 3.21. The molecule has 1 unspecified atom stereocenters. The first-order valence-corrected chi connectivity index (χ1v) is 11.5. The minimum atomic E-state index is -1.69. The fraction of sp³-hybridized carbons (Fsp3) is 0.259. The fourth-order valence-electron chi connectivity index (χ4n) is 3.82. The van der Waals surface area contributed by atoms with Gasteiger partial charge in [-0.25, -0.2) is 0 Å². The largest absolute Gasteiger partial charge is 0.475 e. The number of nitrogens with one attached hydrogen (secondary N) is 2. The lowest BCUT2D eigenvalue weighted by Crippen LogP contribution is -2.55. The predicted octanol–water partition coefficient (Wildman–Crippen LogP) is 3.24. The minimum absolute atomic E-state index is 0.148.